The minimum atomic E-state index is 0.135. The zero-order chi connectivity index (χ0) is 13.8. The molecule has 0 bridgehead atoms. The topological polar surface area (TPSA) is 66.4 Å². The largest absolute Gasteiger partial charge is 0.492 e. The number of hydrogen-bond donors (Lipinski definition) is 0. The minimum Gasteiger partial charge on any atom is -0.492 e. The number of nitrogens with zero attached hydrogens (tertiary/aromatic N) is 3. The SMILES string of the molecule is CCOOCc1nc(Cl)c2cnc(C)nc2c1OC. The molecule has 19 heavy (non-hydrogen) atoms. The van der Waals surface area contributed by atoms with E-state index in [2.05, 4.69) is 15.0 Å². The molecule has 0 unspecified atom stereocenters. The molecule has 0 fully saturated rings. The molecule has 0 N–H and O–H groups in total. The van der Waals surface area contributed by atoms with Crippen LogP contribution in [-0.4, -0.2) is 28.7 Å². The van der Waals surface area contributed by atoms with Gasteiger partial charge in [-0.1, -0.05) is 11.6 Å². The van der Waals surface area contributed by atoms with Gasteiger partial charge in [0.15, 0.2) is 5.75 Å². The molecule has 0 atom stereocenters. The predicted octanol–water partition coefficient (Wildman–Crippen LogP) is 2.46. The average Bonchev–Trinajstić information content (AvgIpc) is 2.39. The molecule has 0 saturated carbocycles. The van der Waals surface area contributed by atoms with Crippen LogP contribution in [0.25, 0.3) is 10.9 Å². The van der Waals surface area contributed by atoms with Crippen LogP contribution in [0.3, 0.4) is 0 Å². The second kappa shape index (κ2) is 6.10. The molecule has 2 aromatic heterocycles. The standard InChI is InChI=1S/C12H14ClN3O3/c1-4-18-19-6-9-11(17-3)10-8(12(13)16-9)5-14-7(2)15-10/h5H,4,6H2,1-3H3. The van der Waals surface area contributed by atoms with E-state index in [1.165, 1.54) is 0 Å². The van der Waals surface area contributed by atoms with Crippen LogP contribution in [0.4, 0.5) is 0 Å². The molecule has 6 nitrogen and oxygen atoms in total. The van der Waals surface area contributed by atoms with Crippen LogP contribution in [0.1, 0.15) is 18.4 Å². The Morgan fingerprint density at radius 1 is 1.26 bits per heavy atom. The zero-order valence-electron chi connectivity index (χ0n) is 10.9. The second-order valence-corrected chi connectivity index (χ2v) is 4.09. The maximum Gasteiger partial charge on any atom is 0.169 e. The summed E-state index contributed by atoms with van der Waals surface area (Å²) in [5, 5.41) is 0.954. The highest BCUT2D eigenvalue weighted by Gasteiger charge is 2.16. The molecule has 0 radical (unpaired) electrons. The van der Waals surface area contributed by atoms with Crippen molar-refractivity contribution in [3.63, 3.8) is 0 Å². The van der Waals surface area contributed by atoms with Gasteiger partial charge in [-0.25, -0.2) is 24.7 Å². The maximum atomic E-state index is 6.11. The van der Waals surface area contributed by atoms with Crippen molar-refractivity contribution in [1.29, 1.82) is 0 Å². The molecule has 2 aromatic rings. The Kier molecular flexibility index (Phi) is 4.47. The lowest BCUT2D eigenvalue weighted by atomic mass is 10.2. The van der Waals surface area contributed by atoms with E-state index in [0.29, 0.717) is 39.9 Å². The van der Waals surface area contributed by atoms with Crippen molar-refractivity contribution in [3.05, 3.63) is 22.9 Å². The highest BCUT2D eigenvalue weighted by atomic mass is 35.5. The molecule has 0 aromatic carbocycles. The first-order chi connectivity index (χ1) is 9.17. The fourth-order valence-electron chi connectivity index (χ4n) is 1.65. The van der Waals surface area contributed by atoms with E-state index in [-0.39, 0.29) is 6.61 Å². The molecule has 0 amide bonds. The Hall–Kier alpha value is -1.50. The Labute approximate surface area is 115 Å². The van der Waals surface area contributed by atoms with Crippen LogP contribution < -0.4 is 4.74 Å². The van der Waals surface area contributed by atoms with Crippen LogP contribution in [-0.2, 0) is 16.4 Å². The summed E-state index contributed by atoms with van der Waals surface area (Å²) in [6, 6.07) is 0. The number of pyridine rings is 1. The van der Waals surface area contributed by atoms with Crippen molar-refractivity contribution in [3.8, 4) is 5.75 Å². The van der Waals surface area contributed by atoms with Gasteiger partial charge in [-0.15, -0.1) is 0 Å². The predicted molar refractivity (Wildman–Crippen MR) is 70.0 cm³/mol. The molecule has 0 aliphatic carbocycles. The maximum absolute atomic E-state index is 6.11. The van der Waals surface area contributed by atoms with Gasteiger partial charge in [0.25, 0.3) is 0 Å². The fraction of sp³-hybridized carbons (Fsp3) is 0.417. The summed E-state index contributed by atoms with van der Waals surface area (Å²) in [7, 11) is 1.55. The summed E-state index contributed by atoms with van der Waals surface area (Å²) in [5.41, 5.74) is 1.15. The van der Waals surface area contributed by atoms with E-state index < -0.39 is 0 Å². The van der Waals surface area contributed by atoms with Gasteiger partial charge in [0.2, 0.25) is 0 Å². The molecular weight excluding hydrogens is 270 g/mol. The van der Waals surface area contributed by atoms with Gasteiger partial charge in [-0.3, -0.25) is 0 Å². The van der Waals surface area contributed by atoms with Crippen LogP contribution in [0, 0.1) is 6.92 Å². The van der Waals surface area contributed by atoms with Gasteiger partial charge in [-0.05, 0) is 13.8 Å². The molecule has 0 aliphatic heterocycles. The lowest BCUT2D eigenvalue weighted by molar-refractivity contribution is -0.301. The third-order valence-electron chi connectivity index (χ3n) is 2.44. The normalized spacial score (nSPS) is 10.9. The lowest BCUT2D eigenvalue weighted by Gasteiger charge is -2.11. The summed E-state index contributed by atoms with van der Waals surface area (Å²) >= 11 is 6.11. The lowest BCUT2D eigenvalue weighted by Crippen LogP contribution is -2.03. The number of rotatable bonds is 5. The zero-order valence-corrected chi connectivity index (χ0v) is 11.7. The number of hydrogen-bond acceptors (Lipinski definition) is 6. The van der Waals surface area contributed by atoms with Crippen molar-refractivity contribution >= 4 is 22.5 Å². The highest BCUT2D eigenvalue weighted by molar-refractivity contribution is 6.34. The number of halogens is 1. The molecular formula is C12H14ClN3O3. The molecule has 102 valence electrons. The summed E-state index contributed by atoms with van der Waals surface area (Å²) in [4.78, 5) is 22.5. The number of fused-ring (bicyclic) bond motifs is 1. The summed E-state index contributed by atoms with van der Waals surface area (Å²) in [6.07, 6.45) is 1.63. The third kappa shape index (κ3) is 2.91. The van der Waals surface area contributed by atoms with E-state index in [9.17, 15) is 0 Å². The van der Waals surface area contributed by atoms with Gasteiger partial charge in [-0.2, -0.15) is 0 Å². The van der Waals surface area contributed by atoms with Crippen molar-refractivity contribution in [2.24, 2.45) is 0 Å². The van der Waals surface area contributed by atoms with E-state index >= 15 is 0 Å². The Balaban J connectivity index is 2.51. The number of methoxy groups -OCH3 is 1. The molecule has 0 spiro atoms. The first-order valence-corrected chi connectivity index (χ1v) is 6.15. The minimum absolute atomic E-state index is 0.135. The molecule has 2 heterocycles. The van der Waals surface area contributed by atoms with Gasteiger partial charge in [0.1, 0.15) is 28.8 Å². The number of ether oxygens (including phenoxy) is 1. The Morgan fingerprint density at radius 3 is 2.74 bits per heavy atom. The van der Waals surface area contributed by atoms with Crippen molar-refractivity contribution in [2.45, 2.75) is 20.5 Å². The number of aromatic nitrogens is 3. The first kappa shape index (κ1) is 13.9. The summed E-state index contributed by atoms with van der Waals surface area (Å²) in [5.74, 6) is 1.15. The smallest absolute Gasteiger partial charge is 0.169 e. The average molecular weight is 284 g/mol. The summed E-state index contributed by atoms with van der Waals surface area (Å²) in [6.45, 7) is 4.21. The number of aryl methyl sites for hydroxylation is 1. The Bertz CT molecular complexity index is 592. The van der Waals surface area contributed by atoms with Crippen LogP contribution in [0.2, 0.25) is 5.15 Å². The van der Waals surface area contributed by atoms with Gasteiger partial charge in [0.05, 0.1) is 19.1 Å². The van der Waals surface area contributed by atoms with E-state index in [0.717, 1.165) is 0 Å². The van der Waals surface area contributed by atoms with Gasteiger partial charge >= 0.3 is 0 Å². The monoisotopic (exact) mass is 283 g/mol. The van der Waals surface area contributed by atoms with Crippen molar-refractivity contribution in [1.82, 2.24) is 15.0 Å². The van der Waals surface area contributed by atoms with Gasteiger partial charge in [0, 0.05) is 6.20 Å². The van der Waals surface area contributed by atoms with Crippen molar-refractivity contribution < 1.29 is 14.5 Å². The molecule has 0 aliphatic rings. The van der Waals surface area contributed by atoms with E-state index in [4.69, 9.17) is 26.1 Å². The van der Waals surface area contributed by atoms with Crippen LogP contribution in [0.15, 0.2) is 6.20 Å². The fourth-order valence-corrected chi connectivity index (χ4v) is 1.89. The second-order valence-electron chi connectivity index (χ2n) is 3.73. The van der Waals surface area contributed by atoms with Gasteiger partial charge < -0.3 is 4.74 Å². The summed E-state index contributed by atoms with van der Waals surface area (Å²) < 4.78 is 5.35. The van der Waals surface area contributed by atoms with Crippen LogP contribution in [0.5, 0.6) is 5.75 Å². The van der Waals surface area contributed by atoms with E-state index in [1.807, 2.05) is 6.92 Å². The van der Waals surface area contributed by atoms with Crippen LogP contribution >= 0.6 is 11.6 Å². The molecule has 2 rings (SSSR count). The molecule has 7 heteroatoms. The van der Waals surface area contributed by atoms with E-state index in [1.54, 1.807) is 20.2 Å². The molecule has 0 saturated heterocycles. The Morgan fingerprint density at radius 2 is 2.05 bits per heavy atom. The van der Waals surface area contributed by atoms with Crippen molar-refractivity contribution in [2.75, 3.05) is 13.7 Å². The third-order valence-corrected chi connectivity index (χ3v) is 2.73. The highest BCUT2D eigenvalue weighted by Crippen LogP contribution is 2.31. The first-order valence-electron chi connectivity index (χ1n) is 5.77. The quantitative estimate of drug-likeness (QED) is 0.363.